The molecule has 0 aromatic heterocycles. The molecule has 6 heteroatoms. The van der Waals surface area contributed by atoms with Gasteiger partial charge in [-0.3, -0.25) is 10.3 Å². The zero-order valence-corrected chi connectivity index (χ0v) is 17.9. The Kier molecular flexibility index (Phi) is 5.62. The number of phenolic OH excluding ortho intramolecular Hbond substituents is 1. The predicted molar refractivity (Wildman–Crippen MR) is 116 cm³/mol. The smallest absolute Gasteiger partial charge is 0.126 e. The van der Waals surface area contributed by atoms with Gasteiger partial charge < -0.3 is 5.11 Å². The molecule has 3 nitrogen and oxygen atoms in total. The second-order valence-electron chi connectivity index (χ2n) is 6.66. The molecule has 3 aromatic carbocycles. The molecule has 3 aromatic rings. The Bertz CT molecular complexity index is 1020. The van der Waals surface area contributed by atoms with Gasteiger partial charge in [0.1, 0.15) is 17.7 Å². The first-order valence-electron chi connectivity index (χ1n) is 8.82. The molecule has 0 amide bonds. The van der Waals surface area contributed by atoms with Crippen molar-refractivity contribution in [3.63, 3.8) is 0 Å². The lowest BCUT2D eigenvalue weighted by atomic mass is 9.93. The van der Waals surface area contributed by atoms with Crippen molar-refractivity contribution in [1.29, 1.82) is 0 Å². The molecule has 0 aliphatic carbocycles. The van der Waals surface area contributed by atoms with Gasteiger partial charge in [-0.15, -0.1) is 0 Å². The second-order valence-corrected chi connectivity index (χ2v) is 8.49. The van der Waals surface area contributed by atoms with Crippen molar-refractivity contribution in [2.24, 2.45) is 4.99 Å². The van der Waals surface area contributed by atoms with Gasteiger partial charge in [-0.2, -0.15) is 0 Å². The van der Waals surface area contributed by atoms with E-state index in [1.807, 2.05) is 36.4 Å². The summed E-state index contributed by atoms with van der Waals surface area (Å²) in [4.78, 5) is 4.88. The van der Waals surface area contributed by atoms with Crippen LogP contribution < -0.4 is 5.32 Å². The van der Waals surface area contributed by atoms with Crippen LogP contribution in [0.15, 0.2) is 80.7 Å². The molecule has 1 aliphatic rings. The van der Waals surface area contributed by atoms with E-state index in [0.717, 1.165) is 31.3 Å². The molecule has 1 aliphatic heterocycles. The number of hydrogen-bond acceptors (Lipinski definition) is 3. The standard InChI is InChI=1S/C22H17Br2FN2O/c23-15-5-1-13(2-6-15)19-12-20(18-11-16(24)7-10-21(18)28)27-22(26-19)14-3-8-17(25)9-4-14/h1-11,20,22,27-28H,12H2/t20-,22+/m0/s1. The summed E-state index contributed by atoms with van der Waals surface area (Å²) in [6, 6.07) is 19.6. The molecule has 142 valence electrons. The molecule has 1 heterocycles. The average molecular weight is 504 g/mol. The number of nitrogens with zero attached hydrogens (tertiary/aromatic N) is 1. The van der Waals surface area contributed by atoms with Crippen LogP contribution in [0.3, 0.4) is 0 Å². The summed E-state index contributed by atoms with van der Waals surface area (Å²) in [5, 5.41) is 13.9. The normalized spacial score (nSPS) is 19.3. The van der Waals surface area contributed by atoms with Crippen molar-refractivity contribution in [3.8, 4) is 5.75 Å². The van der Waals surface area contributed by atoms with E-state index in [-0.39, 0.29) is 23.8 Å². The first-order valence-corrected chi connectivity index (χ1v) is 10.4. The predicted octanol–water partition coefficient (Wildman–Crippen LogP) is 6.28. The molecule has 0 unspecified atom stereocenters. The Hall–Kier alpha value is -2.02. The van der Waals surface area contributed by atoms with Gasteiger partial charge in [0.25, 0.3) is 0 Å². The van der Waals surface area contributed by atoms with Gasteiger partial charge in [-0.1, -0.05) is 56.1 Å². The van der Waals surface area contributed by atoms with Gasteiger partial charge in [-0.05, 0) is 53.6 Å². The Labute approximate surface area is 179 Å². The van der Waals surface area contributed by atoms with Crippen molar-refractivity contribution in [2.45, 2.75) is 18.6 Å². The maximum Gasteiger partial charge on any atom is 0.126 e. The lowest BCUT2D eigenvalue weighted by Gasteiger charge is -2.31. The Balaban J connectivity index is 1.76. The van der Waals surface area contributed by atoms with Crippen molar-refractivity contribution >= 4 is 37.6 Å². The number of benzene rings is 3. The number of rotatable bonds is 3. The molecule has 0 spiro atoms. The minimum atomic E-state index is -0.337. The van der Waals surface area contributed by atoms with E-state index in [4.69, 9.17) is 4.99 Å². The number of nitrogens with one attached hydrogen (secondary N) is 1. The average Bonchev–Trinajstić information content (AvgIpc) is 2.70. The number of aliphatic imine (C=N–C) groups is 1. The molecular weight excluding hydrogens is 487 g/mol. The number of hydrogen-bond donors (Lipinski definition) is 2. The van der Waals surface area contributed by atoms with E-state index >= 15 is 0 Å². The van der Waals surface area contributed by atoms with Gasteiger partial charge in [0.2, 0.25) is 0 Å². The van der Waals surface area contributed by atoms with Gasteiger partial charge in [0.15, 0.2) is 0 Å². The van der Waals surface area contributed by atoms with Gasteiger partial charge in [-0.25, -0.2) is 4.39 Å². The van der Waals surface area contributed by atoms with E-state index in [2.05, 4.69) is 37.2 Å². The number of phenols is 1. The van der Waals surface area contributed by atoms with Crippen LogP contribution in [-0.4, -0.2) is 10.8 Å². The Morgan fingerprint density at radius 1 is 0.929 bits per heavy atom. The summed E-state index contributed by atoms with van der Waals surface area (Å²) >= 11 is 6.95. The molecule has 2 N–H and O–H groups in total. The first kappa shape index (κ1) is 19.3. The quantitative estimate of drug-likeness (QED) is 0.441. The van der Waals surface area contributed by atoms with Crippen LogP contribution in [0.25, 0.3) is 0 Å². The summed E-state index contributed by atoms with van der Waals surface area (Å²) in [6.07, 6.45) is 0.292. The Morgan fingerprint density at radius 3 is 2.32 bits per heavy atom. The minimum Gasteiger partial charge on any atom is -0.508 e. The monoisotopic (exact) mass is 502 g/mol. The van der Waals surface area contributed by atoms with E-state index < -0.39 is 0 Å². The van der Waals surface area contributed by atoms with Crippen LogP contribution in [0, 0.1) is 5.82 Å². The molecule has 28 heavy (non-hydrogen) atoms. The van der Waals surface area contributed by atoms with E-state index in [1.165, 1.54) is 12.1 Å². The van der Waals surface area contributed by atoms with Gasteiger partial charge in [0, 0.05) is 32.7 Å². The lowest BCUT2D eigenvalue weighted by Crippen LogP contribution is -2.33. The molecular formula is C22H17Br2FN2O. The summed E-state index contributed by atoms with van der Waals surface area (Å²) in [7, 11) is 0. The van der Waals surface area contributed by atoms with E-state index in [1.54, 1.807) is 18.2 Å². The van der Waals surface area contributed by atoms with E-state index in [9.17, 15) is 9.50 Å². The van der Waals surface area contributed by atoms with Crippen LogP contribution in [0.4, 0.5) is 4.39 Å². The zero-order valence-electron chi connectivity index (χ0n) is 14.7. The third-order valence-corrected chi connectivity index (χ3v) is 5.79. The second kappa shape index (κ2) is 8.15. The van der Waals surface area contributed by atoms with Crippen LogP contribution >= 0.6 is 31.9 Å². The maximum atomic E-state index is 13.4. The summed E-state index contributed by atoms with van der Waals surface area (Å²) in [6.45, 7) is 0. The minimum absolute atomic E-state index is 0.135. The number of halogens is 3. The lowest BCUT2D eigenvalue weighted by molar-refractivity contribution is 0.412. The molecule has 0 fully saturated rings. The SMILES string of the molecule is Oc1ccc(Br)cc1[C@@H]1CC(c2ccc(Br)cc2)=N[C@@H](c2ccc(F)cc2)N1. The topological polar surface area (TPSA) is 44.6 Å². The fraction of sp³-hybridized carbons (Fsp3) is 0.136. The summed E-state index contributed by atoms with van der Waals surface area (Å²) < 4.78 is 15.3. The van der Waals surface area contributed by atoms with Crippen LogP contribution in [0.5, 0.6) is 5.75 Å². The fourth-order valence-corrected chi connectivity index (χ4v) is 3.99. The molecule has 0 saturated heterocycles. The molecule has 2 atom stereocenters. The van der Waals surface area contributed by atoms with Crippen molar-refractivity contribution in [2.75, 3.05) is 0 Å². The molecule has 0 radical (unpaired) electrons. The summed E-state index contributed by atoms with van der Waals surface area (Å²) in [5.74, 6) is -0.0477. The third kappa shape index (κ3) is 4.19. The number of aromatic hydroxyl groups is 1. The summed E-state index contributed by atoms with van der Waals surface area (Å²) in [5.41, 5.74) is 3.63. The van der Waals surface area contributed by atoms with Crippen molar-refractivity contribution < 1.29 is 9.50 Å². The van der Waals surface area contributed by atoms with Crippen molar-refractivity contribution in [3.05, 3.63) is 98.2 Å². The molecule has 0 saturated carbocycles. The fourth-order valence-electron chi connectivity index (χ4n) is 3.34. The van der Waals surface area contributed by atoms with Crippen LogP contribution in [0.2, 0.25) is 0 Å². The highest BCUT2D eigenvalue weighted by Gasteiger charge is 2.27. The Morgan fingerprint density at radius 2 is 1.61 bits per heavy atom. The first-order chi connectivity index (χ1) is 13.5. The third-order valence-electron chi connectivity index (χ3n) is 4.77. The zero-order chi connectivity index (χ0) is 19.7. The van der Waals surface area contributed by atoms with Gasteiger partial charge in [0.05, 0.1) is 0 Å². The van der Waals surface area contributed by atoms with Crippen LogP contribution in [-0.2, 0) is 0 Å². The van der Waals surface area contributed by atoms with Crippen molar-refractivity contribution in [1.82, 2.24) is 5.32 Å². The molecule has 4 rings (SSSR count). The van der Waals surface area contributed by atoms with Crippen LogP contribution in [0.1, 0.15) is 35.3 Å². The highest BCUT2D eigenvalue weighted by atomic mass is 79.9. The maximum absolute atomic E-state index is 13.4. The van der Waals surface area contributed by atoms with Gasteiger partial charge >= 0.3 is 0 Å². The molecule has 0 bridgehead atoms. The highest BCUT2D eigenvalue weighted by Crippen LogP contribution is 2.36. The van der Waals surface area contributed by atoms with E-state index in [0.29, 0.717) is 6.42 Å². The highest BCUT2D eigenvalue weighted by molar-refractivity contribution is 9.10. The largest absolute Gasteiger partial charge is 0.508 e.